The largest absolute Gasteiger partial charge is 0.390 e. The topological polar surface area (TPSA) is 120 Å². The van der Waals surface area contributed by atoms with Gasteiger partial charge in [0.2, 0.25) is 0 Å². The second-order valence-corrected chi connectivity index (χ2v) is 4.95. The van der Waals surface area contributed by atoms with Crippen LogP contribution in [0.1, 0.15) is 6.42 Å². The number of alkyl halides is 2. The molecule has 8 nitrogen and oxygen atoms in total. The van der Waals surface area contributed by atoms with E-state index in [9.17, 15) is 23.5 Å². The molecule has 0 amide bonds. The lowest BCUT2D eigenvalue weighted by Gasteiger charge is -2.25. The highest BCUT2D eigenvalue weighted by molar-refractivity contribution is 5.27. The second-order valence-electron chi connectivity index (χ2n) is 4.95. The molecule has 110 valence electrons. The van der Waals surface area contributed by atoms with Crippen molar-refractivity contribution in [1.29, 1.82) is 0 Å². The van der Waals surface area contributed by atoms with Crippen molar-refractivity contribution in [1.82, 2.24) is 9.24 Å². The summed E-state index contributed by atoms with van der Waals surface area (Å²) >= 11 is 0. The minimum Gasteiger partial charge on any atom is -0.390 e. The van der Waals surface area contributed by atoms with Gasteiger partial charge in [-0.25, -0.2) is 13.6 Å². The highest BCUT2D eigenvalue weighted by atomic mass is 19.2. The number of nitrogen functional groups attached to an aromatic ring is 1. The predicted octanol–water partition coefficient (Wildman–Crippen LogP) is -2.46. The highest BCUT2D eigenvalue weighted by Gasteiger charge is 2.87. The van der Waals surface area contributed by atoms with Crippen molar-refractivity contribution in [3.8, 4) is 0 Å². The van der Waals surface area contributed by atoms with Crippen molar-refractivity contribution in [3.05, 3.63) is 33.1 Å². The molecule has 10 heteroatoms. The lowest BCUT2D eigenvalue weighted by Crippen LogP contribution is -2.48. The maximum atomic E-state index is 14.5. The quantitative estimate of drug-likeness (QED) is 0.520. The number of aromatic nitrogens is 2. The van der Waals surface area contributed by atoms with Crippen LogP contribution < -0.4 is 17.1 Å². The number of halogens is 2. The molecule has 0 unspecified atom stereocenters. The molecule has 1 saturated heterocycles. The zero-order valence-corrected chi connectivity index (χ0v) is 9.99. The number of hydrogen-bond acceptors (Lipinski definition) is 6. The average Bonchev–Trinajstić information content (AvgIpc) is 2.96. The lowest BCUT2D eigenvalue weighted by atomic mass is 10.1. The van der Waals surface area contributed by atoms with E-state index in [0.29, 0.717) is 4.57 Å². The van der Waals surface area contributed by atoms with Gasteiger partial charge in [-0.05, 0) is 0 Å². The minimum atomic E-state index is -3.03. The summed E-state index contributed by atoms with van der Waals surface area (Å²) in [7, 11) is 0. The molecule has 1 saturated carbocycles. The van der Waals surface area contributed by atoms with Gasteiger partial charge in [0.05, 0.1) is 0 Å². The van der Waals surface area contributed by atoms with Crippen molar-refractivity contribution in [2.45, 2.75) is 29.8 Å². The molecule has 4 atom stereocenters. The molecular weight excluding hydrogens is 280 g/mol. The van der Waals surface area contributed by atoms with Crippen LogP contribution in [0.5, 0.6) is 0 Å². The van der Waals surface area contributed by atoms with Gasteiger partial charge in [-0.3, -0.25) is 9.36 Å². The standard InChI is InChI=1S/C10H11F2N3O5/c11-8-3-10(8,20-9(12,4-16)6(8)18)14-2-1-5(17)15(13)7(14)19/h1-2,6,16,18H,3-4,13H2/t6-,8+,9+,10+/m0/s1. The van der Waals surface area contributed by atoms with E-state index in [1.54, 1.807) is 0 Å². The van der Waals surface area contributed by atoms with E-state index in [4.69, 9.17) is 15.7 Å². The Morgan fingerprint density at radius 1 is 1.50 bits per heavy atom. The smallest absolute Gasteiger partial charge is 0.352 e. The summed E-state index contributed by atoms with van der Waals surface area (Å²) in [5.41, 5.74) is -6.65. The Labute approximate surface area is 109 Å². The van der Waals surface area contributed by atoms with Gasteiger partial charge in [-0.15, -0.1) is 0 Å². The number of rotatable bonds is 2. The summed E-state index contributed by atoms with van der Waals surface area (Å²) in [4.78, 5) is 23.0. The van der Waals surface area contributed by atoms with Gasteiger partial charge < -0.3 is 20.8 Å². The lowest BCUT2D eigenvalue weighted by molar-refractivity contribution is -0.236. The van der Waals surface area contributed by atoms with Crippen molar-refractivity contribution < 1.29 is 23.7 Å². The first-order valence-electron chi connectivity index (χ1n) is 5.69. The molecule has 0 radical (unpaired) electrons. The first kappa shape index (κ1) is 13.2. The molecule has 0 spiro atoms. The first-order chi connectivity index (χ1) is 9.22. The van der Waals surface area contributed by atoms with E-state index >= 15 is 0 Å². The Hall–Kier alpha value is -1.78. The molecule has 1 aliphatic heterocycles. The molecule has 2 fully saturated rings. The van der Waals surface area contributed by atoms with Crippen molar-refractivity contribution >= 4 is 0 Å². The van der Waals surface area contributed by atoms with Crippen LogP contribution in [0.3, 0.4) is 0 Å². The molecule has 1 aromatic heterocycles. The van der Waals surface area contributed by atoms with Gasteiger partial charge >= 0.3 is 5.69 Å². The zero-order valence-electron chi connectivity index (χ0n) is 9.99. The van der Waals surface area contributed by atoms with Gasteiger partial charge in [0, 0.05) is 18.7 Å². The van der Waals surface area contributed by atoms with Crippen LogP contribution in [0.4, 0.5) is 8.78 Å². The summed E-state index contributed by atoms with van der Waals surface area (Å²) < 4.78 is 34.1. The molecule has 0 aromatic carbocycles. The van der Waals surface area contributed by atoms with E-state index in [-0.39, 0.29) is 4.68 Å². The Bertz CT molecular complexity index is 705. The fraction of sp³-hybridized carbons (Fsp3) is 0.600. The molecule has 2 heterocycles. The number of ether oxygens (including phenoxy) is 1. The van der Waals surface area contributed by atoms with E-state index < -0.39 is 47.6 Å². The monoisotopic (exact) mass is 291 g/mol. The van der Waals surface area contributed by atoms with Gasteiger partial charge in [-0.1, -0.05) is 0 Å². The molecular formula is C10H11F2N3O5. The molecule has 4 N–H and O–H groups in total. The zero-order chi connectivity index (χ0) is 14.9. The van der Waals surface area contributed by atoms with Gasteiger partial charge in [-0.2, -0.15) is 4.68 Å². The van der Waals surface area contributed by atoms with Crippen LogP contribution in [-0.4, -0.2) is 43.7 Å². The Morgan fingerprint density at radius 2 is 2.15 bits per heavy atom. The van der Waals surface area contributed by atoms with Crippen LogP contribution in [-0.2, 0) is 10.5 Å². The van der Waals surface area contributed by atoms with E-state index in [0.717, 1.165) is 12.3 Å². The SMILES string of the molecule is Nn1c(=O)ccn([C@@]23C[C@@]2(F)[C@H](O)[C@@](F)(CO)O3)c1=O. The molecule has 1 aromatic rings. The van der Waals surface area contributed by atoms with Gasteiger partial charge in [0.25, 0.3) is 11.4 Å². The maximum absolute atomic E-state index is 14.5. The molecule has 3 rings (SSSR count). The third kappa shape index (κ3) is 1.23. The van der Waals surface area contributed by atoms with Crippen molar-refractivity contribution in [3.63, 3.8) is 0 Å². The Balaban J connectivity index is 2.16. The number of nitrogens with two attached hydrogens (primary N) is 1. The van der Waals surface area contributed by atoms with Crippen molar-refractivity contribution in [2.75, 3.05) is 12.4 Å². The minimum absolute atomic E-state index is 0.209. The Kier molecular flexibility index (Phi) is 2.28. The first-order valence-corrected chi connectivity index (χ1v) is 5.69. The number of hydrogen-bond donors (Lipinski definition) is 3. The fourth-order valence-electron chi connectivity index (χ4n) is 2.63. The van der Waals surface area contributed by atoms with Crippen molar-refractivity contribution in [2.24, 2.45) is 0 Å². The van der Waals surface area contributed by atoms with Crippen LogP contribution in [0.2, 0.25) is 0 Å². The van der Waals surface area contributed by atoms with Crippen LogP contribution in [0, 0.1) is 0 Å². The molecule has 2 aliphatic rings. The predicted molar refractivity (Wildman–Crippen MR) is 59.6 cm³/mol. The van der Waals surface area contributed by atoms with Crippen LogP contribution >= 0.6 is 0 Å². The number of aliphatic hydroxyl groups excluding tert-OH is 2. The fourth-order valence-corrected chi connectivity index (χ4v) is 2.63. The van der Waals surface area contributed by atoms with E-state index in [2.05, 4.69) is 0 Å². The third-order valence-corrected chi connectivity index (χ3v) is 3.82. The van der Waals surface area contributed by atoms with Crippen LogP contribution in [0.25, 0.3) is 0 Å². The number of nitrogens with zero attached hydrogens (tertiary/aromatic N) is 2. The molecule has 20 heavy (non-hydrogen) atoms. The maximum Gasteiger partial charge on any atom is 0.352 e. The summed E-state index contributed by atoms with van der Waals surface area (Å²) in [5.74, 6) is 2.17. The van der Waals surface area contributed by atoms with Crippen LogP contribution in [0.15, 0.2) is 21.9 Å². The number of fused-ring (bicyclic) bond motifs is 1. The Morgan fingerprint density at radius 3 is 2.70 bits per heavy atom. The highest BCUT2D eigenvalue weighted by Crippen LogP contribution is 2.68. The third-order valence-electron chi connectivity index (χ3n) is 3.82. The molecule has 1 aliphatic carbocycles. The summed E-state index contributed by atoms with van der Waals surface area (Å²) in [6.45, 7) is -1.28. The normalized spacial score (nSPS) is 42.5. The summed E-state index contributed by atoms with van der Waals surface area (Å²) in [6, 6.07) is 0.877. The summed E-state index contributed by atoms with van der Waals surface area (Å²) in [5, 5.41) is 18.5. The molecule has 0 bridgehead atoms. The van der Waals surface area contributed by atoms with E-state index in [1.165, 1.54) is 0 Å². The second kappa shape index (κ2) is 3.45. The van der Waals surface area contributed by atoms with E-state index in [1.807, 2.05) is 0 Å². The van der Waals surface area contributed by atoms with Gasteiger partial charge in [0.15, 0.2) is 17.5 Å². The number of aliphatic hydroxyl groups is 2. The summed E-state index contributed by atoms with van der Waals surface area (Å²) in [6.07, 6.45) is -1.85. The average molecular weight is 291 g/mol. The van der Waals surface area contributed by atoms with Gasteiger partial charge in [0.1, 0.15) is 6.61 Å².